The molecule has 2 aliphatic carbocycles. The first kappa shape index (κ1) is 57.6. The predicted octanol–water partition coefficient (Wildman–Crippen LogP) is 10.1. The van der Waals surface area contributed by atoms with Crippen molar-refractivity contribution in [1.82, 2.24) is 0 Å². The summed E-state index contributed by atoms with van der Waals surface area (Å²) >= 11 is -8.27. The second-order valence-corrected chi connectivity index (χ2v) is 62.6. The zero-order valence-electron chi connectivity index (χ0n) is 38.0. The normalized spacial score (nSPS) is 16.5. The minimum absolute atomic E-state index is 0. The van der Waals surface area contributed by atoms with Crippen LogP contribution < -0.4 is 28.3 Å². The molecule has 6 heterocycles. The van der Waals surface area contributed by atoms with Gasteiger partial charge < -0.3 is 0 Å². The molecule has 77 heavy (non-hydrogen) atoms. The number of hydrogen-bond acceptors (Lipinski definition) is 16. The number of halogens is 6. The van der Waals surface area contributed by atoms with E-state index in [0.29, 0.717) is 23.0 Å². The fourth-order valence-electron chi connectivity index (χ4n) is 8.82. The monoisotopic (exact) mass is 1450 g/mol. The molecular weight excluding hydrogens is 1420 g/mol. The molecule has 0 aromatic heterocycles. The molecule has 0 saturated carbocycles. The van der Waals surface area contributed by atoms with Crippen LogP contribution in [-0.4, -0.2) is 128 Å². The first-order chi connectivity index (χ1) is 36.6. The van der Waals surface area contributed by atoms with E-state index < -0.39 is 119 Å². The Balaban J connectivity index is 0.000000173. The Kier molecular flexibility index (Phi) is 17.8. The summed E-state index contributed by atoms with van der Waals surface area (Å²) in [5.74, 6) is -6.74. The van der Waals surface area contributed by atoms with Crippen LogP contribution in [0.5, 0.6) is 11.5 Å². The number of phenolic OH excluding ortho intramolecular Hbond substituents is 2. The summed E-state index contributed by atoms with van der Waals surface area (Å²) < 4.78 is 104. The predicted molar refractivity (Wildman–Crippen MR) is 314 cm³/mol. The molecule has 4 aromatic rings. The number of fused-ring (bicyclic) bond motifs is 4. The van der Waals surface area contributed by atoms with Crippen LogP contribution in [0.1, 0.15) is 28.1 Å². The summed E-state index contributed by atoms with van der Waals surface area (Å²) in [5, 5.41) is 41.9. The first-order valence-electron chi connectivity index (χ1n) is 22.1. The fraction of sp³-hybridized carbons (Fsp3) is 0.184. The molecule has 4 fully saturated rings. The Bertz CT molecular complexity index is 3800. The third kappa shape index (κ3) is 10.3. The molecule has 8 aliphatic rings. The van der Waals surface area contributed by atoms with Crippen molar-refractivity contribution in [2.45, 2.75) is 7.43 Å². The van der Waals surface area contributed by atoms with Crippen LogP contribution in [0.2, 0.25) is 0 Å². The van der Waals surface area contributed by atoms with Crippen LogP contribution in [0.15, 0.2) is 79.1 Å². The molecule has 4 aromatic carbocycles. The quantitative estimate of drug-likeness (QED) is 0.0371. The van der Waals surface area contributed by atoms with E-state index in [1.807, 2.05) is 0 Å². The van der Waals surface area contributed by atoms with E-state index in [9.17, 15) is 52.8 Å². The number of carbonyl (C=O) groups is 2. The number of carboxylic acid groups (broad SMARTS) is 2. The van der Waals surface area contributed by atoms with Gasteiger partial charge in [-0.05, 0) is 0 Å². The Morgan fingerprint density at radius 1 is 0.494 bits per heavy atom. The van der Waals surface area contributed by atoms with Crippen molar-refractivity contribution in [1.29, 1.82) is 0 Å². The maximum absolute atomic E-state index is 15.6. The Morgan fingerprint density at radius 2 is 1.01 bits per heavy atom. The summed E-state index contributed by atoms with van der Waals surface area (Å²) in [4.78, 5) is 50.7. The van der Waals surface area contributed by atoms with Gasteiger partial charge in [0.1, 0.15) is 0 Å². The average molecular weight is 1450 g/mol. The minimum atomic E-state index is -2.23. The molecule has 4 saturated heterocycles. The average Bonchev–Trinajstić information content (AvgIpc) is 4.39. The number of aromatic hydroxyl groups is 2. The van der Waals surface area contributed by atoms with Crippen molar-refractivity contribution in [3.63, 3.8) is 0 Å². The van der Waals surface area contributed by atoms with Crippen molar-refractivity contribution in [3.8, 4) is 56.4 Å². The summed E-state index contributed by atoms with van der Waals surface area (Å²) in [7, 11) is 13.3. The van der Waals surface area contributed by atoms with Gasteiger partial charge in [0.05, 0.1) is 0 Å². The number of rotatable bonds is 8. The SMILES string of the molecule is C.O=C(O)c1c(F)c(F)c(F)c(F)c1-c1c2ccc(=O)c([As]3SCCS3)c-2oc2c([As]3SCCS3)c(O)ccc12.O=C(O)c1ccccc1-c1c2cc(F)c(=O)c([As]3SCCS3)c-2oc2c([As]3SCCS3)c(O)c(F)cc12. The topological polar surface area (TPSA) is 175 Å². The molecule has 0 unspecified atom stereocenters. The molecule has 0 atom stereocenters. The van der Waals surface area contributed by atoms with E-state index in [1.54, 1.807) is 98.4 Å². The van der Waals surface area contributed by atoms with Crippen LogP contribution in [0.4, 0.5) is 26.3 Å². The fourth-order valence-corrected chi connectivity index (χ4v) is 67.9. The summed E-state index contributed by atoms with van der Waals surface area (Å²) in [6.07, 6.45) is 0. The van der Waals surface area contributed by atoms with Crippen molar-refractivity contribution in [3.05, 3.63) is 127 Å². The van der Waals surface area contributed by atoms with Crippen molar-refractivity contribution >= 4 is 181 Å². The van der Waals surface area contributed by atoms with E-state index in [0.717, 1.165) is 58.2 Å². The van der Waals surface area contributed by atoms with Crippen LogP contribution in [-0.2, 0) is 0 Å². The van der Waals surface area contributed by atoms with Gasteiger partial charge in [-0.25, -0.2) is 0 Å². The van der Waals surface area contributed by atoms with E-state index >= 15 is 13.2 Å². The molecule has 6 aliphatic heterocycles. The van der Waals surface area contributed by atoms with Gasteiger partial charge in [-0.2, -0.15) is 0 Å². The summed E-state index contributed by atoms with van der Waals surface area (Å²) in [5.41, 5.74) is -2.39. The van der Waals surface area contributed by atoms with Crippen molar-refractivity contribution in [2.24, 2.45) is 0 Å². The standard InChI is InChI=1S/C24H14As2F4O5S4.C24H16As2F2O5S4.CH4/c27-18-14(15(24(33)34)19(28)21(30)20(18)29)13-9-1-3-11(31)16(25-36-5-6-37-25)22(9)35-23-10(13)2-4-12(32)17(23)26-38-7-8-39-26;27-15-9-13-17(11-3-1-2-4-12(11)24(31)32)14-10-16(28)21(30)19(26-36-7-8-37-26)23(14)33-22(13)18(20(15)29)25-34-5-6-35-25;/h1-4,31H,5-8H2,(H,33,34);1-4,9-10,29H,5-8H2,(H,31,32);1H4. The van der Waals surface area contributed by atoms with Crippen LogP contribution >= 0.6 is 80.2 Å². The third-order valence-electron chi connectivity index (χ3n) is 11.9. The van der Waals surface area contributed by atoms with Gasteiger partial charge in [-0.1, -0.05) is 7.43 Å². The van der Waals surface area contributed by atoms with E-state index in [-0.39, 0.29) is 79.9 Å². The van der Waals surface area contributed by atoms with Gasteiger partial charge in [0.2, 0.25) is 0 Å². The molecule has 10 nitrogen and oxygen atoms in total. The first-order valence-corrected chi connectivity index (χ1v) is 51.8. The summed E-state index contributed by atoms with van der Waals surface area (Å²) in [6.45, 7) is 0. The van der Waals surface area contributed by atoms with E-state index in [2.05, 4.69) is 0 Å². The zero-order valence-corrected chi connectivity index (χ0v) is 52.0. The Hall–Kier alpha value is -2.59. The number of phenols is 2. The van der Waals surface area contributed by atoms with Gasteiger partial charge >= 0.3 is 476 Å². The van der Waals surface area contributed by atoms with Gasteiger partial charge in [-0.3, -0.25) is 0 Å². The molecular formula is C49H34As4F6O10S8. The second kappa shape index (κ2) is 23.7. The van der Waals surface area contributed by atoms with Crippen LogP contribution in [0, 0.1) is 34.9 Å². The number of benzene rings is 6. The van der Waals surface area contributed by atoms with E-state index in [1.165, 1.54) is 30.3 Å². The van der Waals surface area contributed by atoms with Crippen LogP contribution in [0.3, 0.4) is 0 Å². The molecule has 400 valence electrons. The number of aromatic carboxylic acids is 2. The molecule has 0 amide bonds. The third-order valence-corrected chi connectivity index (χ3v) is 66.2. The van der Waals surface area contributed by atoms with Gasteiger partial charge in [0.25, 0.3) is 0 Å². The molecule has 0 bridgehead atoms. The number of hydrogen-bond donors (Lipinski definition) is 4. The van der Waals surface area contributed by atoms with Gasteiger partial charge in [0.15, 0.2) is 0 Å². The summed E-state index contributed by atoms with van der Waals surface area (Å²) in [6, 6.07) is 13.8. The Morgan fingerprint density at radius 3 is 1.60 bits per heavy atom. The molecule has 0 spiro atoms. The molecule has 4 N–H and O–H groups in total. The molecule has 0 radical (unpaired) electrons. The van der Waals surface area contributed by atoms with Gasteiger partial charge in [-0.15, -0.1) is 0 Å². The van der Waals surface area contributed by atoms with Crippen LogP contribution in [0.25, 0.3) is 66.8 Å². The second-order valence-electron chi connectivity index (χ2n) is 16.3. The van der Waals surface area contributed by atoms with Crippen molar-refractivity contribution in [2.75, 3.05) is 46.0 Å². The maximum atomic E-state index is 15.6. The molecule has 12 rings (SSSR count). The molecule has 28 heteroatoms. The number of carboxylic acids is 2. The van der Waals surface area contributed by atoms with E-state index in [4.69, 9.17) is 8.83 Å². The van der Waals surface area contributed by atoms with Crippen molar-refractivity contribution < 1.29 is 65.2 Å². The Labute approximate surface area is 477 Å². The zero-order chi connectivity index (χ0) is 53.4. The van der Waals surface area contributed by atoms with Gasteiger partial charge in [0, 0.05) is 0 Å².